The number of para-hydroxylation sites is 4. The van der Waals surface area contributed by atoms with E-state index in [4.69, 9.17) is 0 Å². The van der Waals surface area contributed by atoms with Crippen LogP contribution in [0.5, 0.6) is 0 Å². The van der Waals surface area contributed by atoms with E-state index in [1.165, 1.54) is 48.5 Å². The fourth-order valence-corrected chi connectivity index (χ4v) is 17.5. The van der Waals surface area contributed by atoms with Gasteiger partial charge in [0.15, 0.2) is 0 Å². The molecule has 0 aliphatic heterocycles. The Bertz CT molecular complexity index is 5990. The predicted molar refractivity (Wildman–Crippen MR) is 492 cm³/mol. The van der Waals surface area contributed by atoms with Gasteiger partial charge in [0.2, 0.25) is 0 Å². The Morgan fingerprint density at radius 2 is 0.292 bits per heavy atom. The maximum Gasteiger partial charge on any atom is 0.123 e. The van der Waals surface area contributed by atoms with Gasteiger partial charge in [-0.2, -0.15) is 0 Å². The number of nitrogens with zero attached hydrogens (tertiary/aromatic N) is 4. The van der Waals surface area contributed by atoms with Crippen molar-refractivity contribution in [3.05, 3.63) is 472 Å². The number of hydrogen-bond acceptors (Lipinski definition) is 4. The molecule has 20 aromatic carbocycles. The molecule has 0 bridgehead atoms. The second-order valence-corrected chi connectivity index (χ2v) is 29.9. The molecular weight excluding hydrogens is 1480 g/mol. The van der Waals surface area contributed by atoms with Crippen LogP contribution in [0.25, 0.3) is 121 Å². The van der Waals surface area contributed by atoms with Crippen molar-refractivity contribution >= 4 is 101 Å². The van der Waals surface area contributed by atoms with Crippen molar-refractivity contribution in [3.8, 4) is 89.0 Å². The van der Waals surface area contributed by atoms with E-state index in [1.54, 1.807) is 0 Å². The average molecular weight is 1550 g/mol. The highest BCUT2D eigenvalue weighted by Crippen LogP contribution is 2.60. The molecule has 0 aliphatic carbocycles. The summed E-state index contributed by atoms with van der Waals surface area (Å²) in [5, 5.41) is 4.90. The van der Waals surface area contributed by atoms with E-state index < -0.39 is 23.3 Å². The van der Waals surface area contributed by atoms with Crippen LogP contribution in [0.2, 0.25) is 0 Å². The third kappa shape index (κ3) is 13.6. The second kappa shape index (κ2) is 31.9. The normalized spacial score (nSPS) is 11.3. The maximum absolute atomic E-state index is 16.4. The lowest BCUT2D eigenvalue weighted by molar-refractivity contribution is 0.627. The van der Waals surface area contributed by atoms with Gasteiger partial charge >= 0.3 is 0 Å². The zero-order valence-electron chi connectivity index (χ0n) is 65.0. The largest absolute Gasteiger partial charge is 0.309 e. The van der Waals surface area contributed by atoms with Crippen molar-refractivity contribution in [2.75, 3.05) is 19.6 Å². The van der Waals surface area contributed by atoms with Crippen LogP contribution in [-0.4, -0.2) is 0 Å². The van der Waals surface area contributed by atoms with Gasteiger partial charge in [0.1, 0.15) is 23.3 Å². The molecule has 0 saturated heterocycles. The molecule has 0 aromatic heterocycles. The third-order valence-corrected chi connectivity index (χ3v) is 22.8. The highest BCUT2D eigenvalue weighted by molar-refractivity contribution is 6.34. The van der Waals surface area contributed by atoms with Gasteiger partial charge < -0.3 is 19.6 Å². The van der Waals surface area contributed by atoms with Crippen molar-refractivity contribution in [2.45, 2.75) is 0 Å². The van der Waals surface area contributed by atoms with Gasteiger partial charge in [-0.3, -0.25) is 0 Å². The summed E-state index contributed by atoms with van der Waals surface area (Å²) in [4.78, 5) is 9.24. The second-order valence-electron chi connectivity index (χ2n) is 29.9. The average Bonchev–Trinajstić information content (AvgIpc) is 0.693. The first kappa shape index (κ1) is 73.3. The van der Waals surface area contributed by atoms with Crippen LogP contribution in [0.15, 0.2) is 449 Å². The highest BCUT2D eigenvalue weighted by Gasteiger charge is 2.35. The molecule has 0 unspecified atom stereocenters. The van der Waals surface area contributed by atoms with Gasteiger partial charge in [0.05, 0.1) is 45.5 Å². The minimum absolute atomic E-state index is 0.409. The Kier molecular flexibility index (Phi) is 19.5. The van der Waals surface area contributed by atoms with E-state index in [0.717, 1.165) is 144 Å². The summed E-state index contributed by atoms with van der Waals surface area (Å²) in [6, 6.07) is 150. The number of halogens is 4. The van der Waals surface area contributed by atoms with E-state index in [9.17, 15) is 0 Å². The number of hydrogen-bond donors (Lipinski definition) is 0. The Morgan fingerprint density at radius 1 is 0.142 bits per heavy atom. The SMILES string of the molecule is Fc1ccc(N(c2c(-c3ccccc3)cccc2-c2ccccc2)c2cc(N(c3ccc(F)cc3)c3c(-c4ccccc4)cccc3-c3ccccc3)c3ccc4c(N(c5ccc(F)cc5)c5c(-c6ccccc6)cccc5-c5ccccc5)cc(N(c5ccc(F)cc5)c5c(-c6ccccc6)cccc5-c5ccccc5)c5ccc2c3c54)cc1. The summed E-state index contributed by atoms with van der Waals surface area (Å²) < 4.78 is 65.7. The van der Waals surface area contributed by atoms with E-state index in [0.29, 0.717) is 45.5 Å². The van der Waals surface area contributed by atoms with Crippen LogP contribution in [0.1, 0.15) is 0 Å². The van der Waals surface area contributed by atoms with E-state index in [-0.39, 0.29) is 0 Å². The molecule has 120 heavy (non-hydrogen) atoms. The lowest BCUT2D eigenvalue weighted by Gasteiger charge is -2.37. The van der Waals surface area contributed by atoms with Gasteiger partial charge in [0.25, 0.3) is 0 Å². The van der Waals surface area contributed by atoms with Crippen LogP contribution in [-0.2, 0) is 0 Å². The monoisotopic (exact) mass is 1550 g/mol. The van der Waals surface area contributed by atoms with E-state index in [1.807, 2.05) is 97.1 Å². The number of rotatable bonds is 20. The Balaban J connectivity index is 1.04. The van der Waals surface area contributed by atoms with Gasteiger partial charge in [-0.25, -0.2) is 17.6 Å². The predicted octanol–water partition coefficient (Wildman–Crippen LogP) is 32.4. The Hall–Kier alpha value is -15.6. The maximum atomic E-state index is 16.4. The molecule has 20 aromatic rings. The summed E-state index contributed by atoms with van der Waals surface area (Å²) in [5.74, 6) is -1.64. The Labute approximate surface area is 694 Å². The highest BCUT2D eigenvalue weighted by atomic mass is 19.1. The summed E-state index contributed by atoms with van der Waals surface area (Å²) in [6.07, 6.45) is 0. The molecule has 0 atom stereocenters. The molecular formula is C112H74F4N4. The molecule has 0 N–H and O–H groups in total. The van der Waals surface area contributed by atoms with Crippen LogP contribution in [0, 0.1) is 23.3 Å². The quantitative estimate of drug-likeness (QED) is 0.0557. The van der Waals surface area contributed by atoms with Gasteiger partial charge in [0, 0.05) is 99.6 Å². The summed E-state index contributed by atoms with van der Waals surface area (Å²) in [7, 11) is 0. The van der Waals surface area contributed by atoms with Crippen molar-refractivity contribution in [2.24, 2.45) is 0 Å². The fourth-order valence-electron chi connectivity index (χ4n) is 17.5. The van der Waals surface area contributed by atoms with Crippen molar-refractivity contribution in [1.29, 1.82) is 0 Å². The minimum Gasteiger partial charge on any atom is -0.309 e. The molecule has 0 saturated carbocycles. The van der Waals surface area contributed by atoms with Gasteiger partial charge in [-0.1, -0.05) is 340 Å². The molecule has 8 heteroatoms. The third-order valence-electron chi connectivity index (χ3n) is 22.8. The van der Waals surface area contributed by atoms with Crippen molar-refractivity contribution in [1.82, 2.24) is 0 Å². The number of anilines is 12. The summed E-state index contributed by atoms with van der Waals surface area (Å²) in [5.41, 5.74) is 23.5. The lowest BCUT2D eigenvalue weighted by Crippen LogP contribution is -2.18. The van der Waals surface area contributed by atoms with Crippen LogP contribution in [0.3, 0.4) is 0 Å². The Morgan fingerprint density at radius 3 is 0.442 bits per heavy atom. The van der Waals surface area contributed by atoms with Crippen LogP contribution >= 0.6 is 0 Å². The topological polar surface area (TPSA) is 13.0 Å². The van der Waals surface area contributed by atoms with Gasteiger partial charge in [-0.05, 0) is 154 Å². The molecule has 0 aliphatic rings. The molecule has 570 valence electrons. The molecule has 0 spiro atoms. The van der Waals surface area contributed by atoms with E-state index in [2.05, 4.69) is 323 Å². The fraction of sp³-hybridized carbons (Fsp3) is 0. The molecule has 0 heterocycles. The zero-order chi connectivity index (χ0) is 80.6. The van der Waals surface area contributed by atoms with Crippen LogP contribution < -0.4 is 19.6 Å². The molecule has 0 radical (unpaired) electrons. The standard InChI is InChI=1S/C112H74F4N4/c113-83-53-61-87(62-54-83)117(109-91(75-29-9-1-10-30-75)45-25-46-92(109)76-31-11-2-12-32-76)103-73-104(118(88-63-55-84(114)56-64-88)110-93(77-33-13-3-14-34-77)47-26-48-94(110)78-35-15-4-16-36-78)100-71-72-102-106(120(90-67-59-86(116)60-68-90)112-97(81-41-21-7-22-42-81)51-28-52-98(112)82-43-23-8-24-44-82)74-105(101-70-69-99(103)107(100)108(101)102)119(89-65-57-85(115)58-66-89)111-95(79-37-17-5-18-38-79)49-27-50-96(111)80-39-19-6-20-40-80/h1-74H. The van der Waals surface area contributed by atoms with Gasteiger partial charge in [-0.15, -0.1) is 0 Å². The zero-order valence-corrected chi connectivity index (χ0v) is 65.0. The smallest absolute Gasteiger partial charge is 0.123 e. The summed E-state index contributed by atoms with van der Waals surface area (Å²) >= 11 is 0. The van der Waals surface area contributed by atoms with Crippen LogP contribution in [0.4, 0.5) is 85.8 Å². The molecule has 20 rings (SSSR count). The van der Waals surface area contributed by atoms with Crippen molar-refractivity contribution < 1.29 is 17.6 Å². The number of benzene rings is 20. The first-order valence-electron chi connectivity index (χ1n) is 40.2. The molecule has 4 nitrogen and oxygen atoms in total. The van der Waals surface area contributed by atoms with Crippen molar-refractivity contribution in [3.63, 3.8) is 0 Å². The minimum atomic E-state index is -0.409. The first-order valence-corrected chi connectivity index (χ1v) is 40.2. The van der Waals surface area contributed by atoms with E-state index >= 15 is 17.6 Å². The molecule has 0 fully saturated rings. The molecule has 0 amide bonds. The summed E-state index contributed by atoms with van der Waals surface area (Å²) in [6.45, 7) is 0. The first-order chi connectivity index (χ1) is 59.2. The lowest BCUT2D eigenvalue weighted by atomic mass is 9.87.